The number of halogens is 3. The Balaban J connectivity index is 0. The van der Waals surface area contributed by atoms with E-state index in [1.807, 2.05) is 0 Å². The minimum Gasteiger partial charge on any atom is -0.344 e. The van der Waals surface area contributed by atoms with Gasteiger partial charge in [-0.1, -0.05) is 6.42 Å². The van der Waals surface area contributed by atoms with E-state index in [1.165, 1.54) is 0 Å². The van der Waals surface area contributed by atoms with Crippen LogP contribution in [0.1, 0.15) is 32.1 Å². The van der Waals surface area contributed by atoms with Crippen molar-refractivity contribution in [1.29, 1.82) is 0 Å². The zero-order chi connectivity index (χ0) is 6.04. The van der Waals surface area contributed by atoms with Crippen molar-refractivity contribution in [1.82, 2.24) is 6.15 Å². The molecule has 0 bridgehead atoms. The fourth-order valence-electron chi connectivity index (χ4n) is 1.07. The van der Waals surface area contributed by atoms with E-state index in [4.69, 9.17) is 0 Å². The van der Waals surface area contributed by atoms with Gasteiger partial charge in [0, 0.05) is 12.8 Å². The van der Waals surface area contributed by atoms with E-state index in [-0.39, 0.29) is 31.4 Å². The Morgan fingerprint density at radius 1 is 0.900 bits per heavy atom. The molecule has 0 saturated heterocycles. The van der Waals surface area contributed by atoms with Gasteiger partial charge in [0.05, 0.1) is 0 Å². The quantitative estimate of drug-likeness (QED) is 0.600. The summed E-state index contributed by atoms with van der Waals surface area (Å²) in [7, 11) is 0. The molecule has 0 heterocycles. The molecular weight excluding hydrogens is 160 g/mol. The van der Waals surface area contributed by atoms with E-state index in [1.54, 1.807) is 0 Å². The first kappa shape index (κ1) is 12.8. The maximum atomic E-state index is 12.2. The lowest BCUT2D eigenvalue weighted by atomic mass is 9.97. The summed E-state index contributed by atoms with van der Waals surface area (Å²) in [5, 5.41) is 0. The summed E-state index contributed by atoms with van der Waals surface area (Å²) in [4.78, 5) is 0. The lowest BCUT2D eigenvalue weighted by Crippen LogP contribution is -2.18. The highest BCUT2D eigenvalue weighted by Crippen LogP contribution is 2.32. The molecule has 0 amide bonds. The topological polar surface area (TPSA) is 35.0 Å². The molecule has 3 N–H and O–H groups in total. The predicted molar refractivity (Wildman–Crippen MR) is 40.3 cm³/mol. The fraction of sp³-hybridized carbons (Fsp3) is 1.00. The molecule has 0 aliphatic heterocycles. The van der Waals surface area contributed by atoms with E-state index in [0.717, 1.165) is 6.42 Å². The number of hydrogen-bond acceptors (Lipinski definition) is 1. The molecule has 64 valence electrons. The Morgan fingerprint density at radius 3 is 1.50 bits per heavy atom. The fourth-order valence-corrected chi connectivity index (χ4v) is 1.07. The molecular formula is C6H14ClF2N. The SMILES string of the molecule is Cl.FC1(F)CCCCC1.N. The van der Waals surface area contributed by atoms with Crippen molar-refractivity contribution in [3.63, 3.8) is 0 Å². The molecule has 0 radical (unpaired) electrons. The first-order valence-electron chi connectivity index (χ1n) is 3.09. The Hall–Kier alpha value is 0.110. The Morgan fingerprint density at radius 2 is 1.30 bits per heavy atom. The van der Waals surface area contributed by atoms with E-state index < -0.39 is 5.92 Å². The van der Waals surface area contributed by atoms with E-state index in [0.29, 0.717) is 12.8 Å². The summed E-state index contributed by atoms with van der Waals surface area (Å²) >= 11 is 0. The average Bonchev–Trinajstić information content (AvgIpc) is 1.65. The summed E-state index contributed by atoms with van der Waals surface area (Å²) in [6, 6.07) is 0. The summed E-state index contributed by atoms with van der Waals surface area (Å²) in [5.74, 6) is -2.32. The summed E-state index contributed by atoms with van der Waals surface area (Å²) in [6.45, 7) is 0. The largest absolute Gasteiger partial charge is 0.344 e. The van der Waals surface area contributed by atoms with Crippen LogP contribution in [0.3, 0.4) is 0 Å². The van der Waals surface area contributed by atoms with Crippen molar-refractivity contribution in [2.24, 2.45) is 0 Å². The summed E-state index contributed by atoms with van der Waals surface area (Å²) in [5.41, 5.74) is 0. The lowest BCUT2D eigenvalue weighted by Gasteiger charge is -2.20. The van der Waals surface area contributed by atoms with Crippen LogP contribution in [-0.2, 0) is 0 Å². The number of rotatable bonds is 0. The van der Waals surface area contributed by atoms with Gasteiger partial charge in [-0.05, 0) is 12.8 Å². The molecule has 0 unspecified atom stereocenters. The molecule has 1 nitrogen and oxygen atoms in total. The highest BCUT2D eigenvalue weighted by Gasteiger charge is 2.30. The molecule has 0 atom stereocenters. The van der Waals surface area contributed by atoms with Crippen LogP contribution in [0.2, 0.25) is 0 Å². The van der Waals surface area contributed by atoms with Gasteiger partial charge in [-0.3, -0.25) is 0 Å². The maximum Gasteiger partial charge on any atom is 0.248 e. The standard InChI is InChI=1S/C6H10F2.ClH.H3N/c7-6(8)4-2-1-3-5-6;;/h1-5H2;1H;1H3. The van der Waals surface area contributed by atoms with Gasteiger partial charge in [-0.15, -0.1) is 12.4 Å². The molecule has 1 saturated carbocycles. The second kappa shape index (κ2) is 4.85. The van der Waals surface area contributed by atoms with Crippen molar-refractivity contribution in [2.45, 2.75) is 38.0 Å². The summed E-state index contributed by atoms with van der Waals surface area (Å²) < 4.78 is 24.4. The molecule has 1 fully saturated rings. The lowest BCUT2D eigenvalue weighted by molar-refractivity contribution is -0.0337. The molecule has 1 rings (SSSR count). The van der Waals surface area contributed by atoms with Gasteiger partial charge < -0.3 is 6.15 Å². The van der Waals surface area contributed by atoms with Crippen LogP contribution < -0.4 is 6.15 Å². The van der Waals surface area contributed by atoms with Gasteiger partial charge in [0.1, 0.15) is 0 Å². The van der Waals surface area contributed by atoms with Gasteiger partial charge in [0.25, 0.3) is 0 Å². The first-order chi connectivity index (χ1) is 3.71. The first-order valence-corrected chi connectivity index (χ1v) is 3.09. The average molecular weight is 174 g/mol. The minimum atomic E-state index is -2.32. The molecule has 0 spiro atoms. The van der Waals surface area contributed by atoms with Crippen molar-refractivity contribution >= 4 is 12.4 Å². The van der Waals surface area contributed by atoms with Crippen LogP contribution >= 0.6 is 12.4 Å². The van der Waals surface area contributed by atoms with Gasteiger partial charge in [-0.25, -0.2) is 8.78 Å². The van der Waals surface area contributed by atoms with E-state index >= 15 is 0 Å². The predicted octanol–water partition coefficient (Wildman–Crippen LogP) is 3.17. The molecule has 0 aromatic carbocycles. The van der Waals surface area contributed by atoms with Crippen LogP contribution in [0.5, 0.6) is 0 Å². The third kappa shape index (κ3) is 4.01. The molecule has 1 aliphatic rings. The molecule has 0 aromatic rings. The Bertz CT molecular complexity index is 79.8. The van der Waals surface area contributed by atoms with Crippen LogP contribution in [0.25, 0.3) is 0 Å². The third-order valence-electron chi connectivity index (χ3n) is 1.59. The normalized spacial score (nSPS) is 22.2. The Kier molecular flexibility index (Phi) is 6.19. The van der Waals surface area contributed by atoms with Crippen LogP contribution in [0.15, 0.2) is 0 Å². The monoisotopic (exact) mass is 173 g/mol. The van der Waals surface area contributed by atoms with Crippen molar-refractivity contribution in [3.05, 3.63) is 0 Å². The number of hydrogen-bond donors (Lipinski definition) is 1. The summed E-state index contributed by atoms with van der Waals surface area (Å²) in [6.07, 6.45) is 2.66. The smallest absolute Gasteiger partial charge is 0.248 e. The van der Waals surface area contributed by atoms with Gasteiger partial charge >= 0.3 is 0 Å². The zero-order valence-electron chi connectivity index (χ0n) is 5.91. The van der Waals surface area contributed by atoms with Crippen LogP contribution in [-0.4, -0.2) is 5.92 Å². The van der Waals surface area contributed by atoms with Crippen LogP contribution in [0, 0.1) is 0 Å². The highest BCUT2D eigenvalue weighted by molar-refractivity contribution is 5.85. The van der Waals surface area contributed by atoms with Gasteiger partial charge in [-0.2, -0.15) is 0 Å². The highest BCUT2D eigenvalue weighted by atomic mass is 35.5. The van der Waals surface area contributed by atoms with E-state index in [2.05, 4.69) is 0 Å². The van der Waals surface area contributed by atoms with Crippen molar-refractivity contribution < 1.29 is 8.78 Å². The minimum absolute atomic E-state index is 0. The van der Waals surface area contributed by atoms with E-state index in [9.17, 15) is 8.78 Å². The maximum absolute atomic E-state index is 12.2. The second-order valence-electron chi connectivity index (χ2n) is 2.42. The van der Waals surface area contributed by atoms with Crippen molar-refractivity contribution in [2.75, 3.05) is 0 Å². The zero-order valence-corrected chi connectivity index (χ0v) is 6.72. The molecule has 10 heavy (non-hydrogen) atoms. The van der Waals surface area contributed by atoms with Gasteiger partial charge in [0.15, 0.2) is 0 Å². The van der Waals surface area contributed by atoms with Gasteiger partial charge in [0.2, 0.25) is 5.92 Å². The van der Waals surface area contributed by atoms with Crippen LogP contribution in [0.4, 0.5) is 8.78 Å². The number of alkyl halides is 2. The Labute approximate surface area is 66.2 Å². The molecule has 1 aliphatic carbocycles. The third-order valence-corrected chi connectivity index (χ3v) is 1.59. The second-order valence-corrected chi connectivity index (χ2v) is 2.42. The molecule has 4 heteroatoms. The van der Waals surface area contributed by atoms with Crippen molar-refractivity contribution in [3.8, 4) is 0 Å². The molecule has 0 aromatic heterocycles.